The van der Waals surface area contributed by atoms with Gasteiger partial charge >= 0.3 is 0 Å². The summed E-state index contributed by atoms with van der Waals surface area (Å²) in [5.74, 6) is 0.951. The number of benzene rings is 1. The number of nitrogen functional groups attached to an aromatic ring is 1. The Kier molecular flexibility index (Phi) is 5.57. The van der Waals surface area contributed by atoms with Gasteiger partial charge in [0, 0.05) is 30.4 Å². The molecule has 0 aliphatic carbocycles. The molecule has 0 aliphatic rings. The van der Waals surface area contributed by atoms with E-state index in [0.717, 1.165) is 35.9 Å². The fourth-order valence-electron chi connectivity index (χ4n) is 1.92. The Morgan fingerprint density at radius 3 is 2.47 bits per heavy atom. The summed E-state index contributed by atoms with van der Waals surface area (Å²) < 4.78 is 0. The summed E-state index contributed by atoms with van der Waals surface area (Å²) in [5.41, 5.74) is 8.46. The molecule has 1 aromatic carbocycles. The molecule has 0 atom stereocenters. The third-order valence-electron chi connectivity index (χ3n) is 2.92. The normalized spacial score (nSPS) is 9.79. The van der Waals surface area contributed by atoms with E-state index in [1.165, 1.54) is 0 Å². The van der Waals surface area contributed by atoms with Gasteiger partial charge in [0.05, 0.1) is 5.69 Å². The number of hydrogen-bond acceptors (Lipinski definition) is 4. The van der Waals surface area contributed by atoms with Crippen molar-refractivity contribution in [3.63, 3.8) is 0 Å². The molecule has 0 amide bonds. The van der Waals surface area contributed by atoms with Crippen molar-refractivity contribution >= 4 is 23.9 Å². The molecular formula is C14H19ClN4. The summed E-state index contributed by atoms with van der Waals surface area (Å²) in [6, 6.07) is 9.74. The average Bonchev–Trinajstić information content (AvgIpc) is 2.41. The Hall–Kier alpha value is -1.81. The lowest BCUT2D eigenvalue weighted by atomic mass is 10.1. The Bertz CT molecular complexity index is 526. The van der Waals surface area contributed by atoms with Crippen molar-refractivity contribution in [2.24, 2.45) is 0 Å². The summed E-state index contributed by atoms with van der Waals surface area (Å²) in [6.45, 7) is 6.10. The van der Waals surface area contributed by atoms with Gasteiger partial charge in [0.15, 0.2) is 0 Å². The predicted molar refractivity (Wildman–Crippen MR) is 82.7 cm³/mol. The molecule has 5 heteroatoms. The highest BCUT2D eigenvalue weighted by Crippen LogP contribution is 2.22. The van der Waals surface area contributed by atoms with Crippen LogP contribution in [0.3, 0.4) is 0 Å². The summed E-state index contributed by atoms with van der Waals surface area (Å²) >= 11 is 0. The summed E-state index contributed by atoms with van der Waals surface area (Å²) in [5, 5.41) is 0. The third-order valence-corrected chi connectivity index (χ3v) is 2.92. The lowest BCUT2D eigenvalue weighted by Crippen LogP contribution is -2.22. The van der Waals surface area contributed by atoms with Crippen LogP contribution in [0.25, 0.3) is 11.3 Å². The summed E-state index contributed by atoms with van der Waals surface area (Å²) in [7, 11) is 0. The molecule has 102 valence electrons. The first kappa shape index (κ1) is 15.2. The molecule has 4 nitrogen and oxygen atoms in total. The Labute approximate surface area is 120 Å². The maximum Gasteiger partial charge on any atom is 0.132 e. The van der Waals surface area contributed by atoms with Crippen molar-refractivity contribution in [2.75, 3.05) is 23.7 Å². The van der Waals surface area contributed by atoms with E-state index in [1.54, 1.807) is 6.33 Å². The molecular weight excluding hydrogens is 260 g/mol. The van der Waals surface area contributed by atoms with Gasteiger partial charge in [-0.15, -0.1) is 12.4 Å². The predicted octanol–water partition coefficient (Wildman–Crippen LogP) is 2.99. The highest BCUT2D eigenvalue weighted by atomic mass is 35.5. The first-order chi connectivity index (χ1) is 8.74. The molecule has 19 heavy (non-hydrogen) atoms. The average molecular weight is 279 g/mol. The molecule has 0 aliphatic heterocycles. The van der Waals surface area contributed by atoms with Gasteiger partial charge in [-0.25, -0.2) is 9.97 Å². The van der Waals surface area contributed by atoms with Crippen LogP contribution < -0.4 is 10.6 Å². The van der Waals surface area contributed by atoms with E-state index in [2.05, 4.69) is 28.7 Å². The molecule has 2 rings (SSSR count). The van der Waals surface area contributed by atoms with E-state index < -0.39 is 0 Å². The van der Waals surface area contributed by atoms with Gasteiger partial charge in [-0.2, -0.15) is 0 Å². The molecule has 0 unspecified atom stereocenters. The maximum absolute atomic E-state index is 5.79. The molecule has 0 saturated heterocycles. The summed E-state index contributed by atoms with van der Waals surface area (Å²) in [4.78, 5) is 10.8. The monoisotopic (exact) mass is 278 g/mol. The van der Waals surface area contributed by atoms with Crippen molar-refractivity contribution in [1.82, 2.24) is 9.97 Å². The smallest absolute Gasteiger partial charge is 0.132 e. The summed E-state index contributed by atoms with van der Waals surface area (Å²) in [6.07, 6.45) is 1.60. The fourth-order valence-corrected chi connectivity index (χ4v) is 1.92. The third kappa shape index (κ3) is 3.58. The molecule has 2 aromatic rings. The SMILES string of the molecule is CCN(CC)c1cc(-c2cccc(N)c2)ncn1.Cl. The fraction of sp³-hybridized carbons (Fsp3) is 0.286. The van der Waals surface area contributed by atoms with Gasteiger partial charge in [-0.3, -0.25) is 0 Å². The van der Waals surface area contributed by atoms with Crippen molar-refractivity contribution in [1.29, 1.82) is 0 Å². The maximum atomic E-state index is 5.79. The molecule has 1 aromatic heterocycles. The second-order valence-corrected chi connectivity index (χ2v) is 4.06. The van der Waals surface area contributed by atoms with Crippen LogP contribution in [0.15, 0.2) is 36.7 Å². The van der Waals surface area contributed by atoms with Crippen molar-refractivity contribution in [3.8, 4) is 11.3 Å². The van der Waals surface area contributed by atoms with Crippen molar-refractivity contribution < 1.29 is 0 Å². The lowest BCUT2D eigenvalue weighted by molar-refractivity contribution is 0.842. The van der Waals surface area contributed by atoms with E-state index in [0.29, 0.717) is 0 Å². The number of anilines is 2. The number of rotatable bonds is 4. The first-order valence-electron chi connectivity index (χ1n) is 6.17. The zero-order valence-electron chi connectivity index (χ0n) is 11.2. The van der Waals surface area contributed by atoms with Crippen molar-refractivity contribution in [3.05, 3.63) is 36.7 Å². The van der Waals surface area contributed by atoms with Gasteiger partial charge < -0.3 is 10.6 Å². The molecule has 0 fully saturated rings. The van der Waals surface area contributed by atoms with Gasteiger partial charge in [-0.1, -0.05) is 12.1 Å². The molecule has 0 radical (unpaired) electrons. The van der Waals surface area contributed by atoms with E-state index in [-0.39, 0.29) is 12.4 Å². The van der Waals surface area contributed by atoms with Crippen LogP contribution in [0.5, 0.6) is 0 Å². The van der Waals surface area contributed by atoms with E-state index in [9.17, 15) is 0 Å². The Morgan fingerprint density at radius 1 is 1.11 bits per heavy atom. The number of nitrogens with two attached hydrogens (primary N) is 1. The van der Waals surface area contributed by atoms with Crippen LogP contribution in [0.4, 0.5) is 11.5 Å². The van der Waals surface area contributed by atoms with Crippen LogP contribution in [0.2, 0.25) is 0 Å². The topological polar surface area (TPSA) is 55.0 Å². The number of nitrogens with zero attached hydrogens (tertiary/aromatic N) is 3. The number of aromatic nitrogens is 2. The molecule has 2 N–H and O–H groups in total. The number of hydrogen-bond donors (Lipinski definition) is 1. The standard InChI is InChI=1S/C14H18N4.ClH/c1-3-18(4-2)14-9-13(16-10-17-14)11-6-5-7-12(15)8-11;/h5-10H,3-4,15H2,1-2H3;1H. The van der Waals surface area contributed by atoms with E-state index in [1.807, 2.05) is 30.3 Å². The minimum absolute atomic E-state index is 0. The second-order valence-electron chi connectivity index (χ2n) is 4.06. The largest absolute Gasteiger partial charge is 0.399 e. The quantitative estimate of drug-likeness (QED) is 0.874. The van der Waals surface area contributed by atoms with E-state index >= 15 is 0 Å². The van der Waals surface area contributed by atoms with E-state index in [4.69, 9.17) is 5.73 Å². The molecule has 0 bridgehead atoms. The van der Waals surface area contributed by atoms with Crippen LogP contribution in [0, 0.1) is 0 Å². The second kappa shape index (κ2) is 6.95. The molecule has 0 saturated carbocycles. The highest BCUT2D eigenvalue weighted by molar-refractivity contribution is 5.85. The highest BCUT2D eigenvalue weighted by Gasteiger charge is 2.06. The Morgan fingerprint density at radius 2 is 1.84 bits per heavy atom. The molecule has 0 spiro atoms. The van der Waals surface area contributed by atoms with Gasteiger partial charge in [0.25, 0.3) is 0 Å². The van der Waals surface area contributed by atoms with Gasteiger partial charge in [-0.05, 0) is 26.0 Å². The van der Waals surface area contributed by atoms with Crippen LogP contribution in [-0.4, -0.2) is 23.1 Å². The van der Waals surface area contributed by atoms with Gasteiger partial charge in [0.2, 0.25) is 0 Å². The zero-order chi connectivity index (χ0) is 13.0. The zero-order valence-corrected chi connectivity index (χ0v) is 12.0. The van der Waals surface area contributed by atoms with Crippen molar-refractivity contribution in [2.45, 2.75) is 13.8 Å². The Balaban J connectivity index is 0.00000180. The van der Waals surface area contributed by atoms with Gasteiger partial charge in [0.1, 0.15) is 12.1 Å². The number of halogens is 1. The minimum atomic E-state index is 0. The van der Waals surface area contributed by atoms with Crippen LogP contribution in [0.1, 0.15) is 13.8 Å². The first-order valence-corrected chi connectivity index (χ1v) is 6.17. The minimum Gasteiger partial charge on any atom is -0.399 e. The van der Waals surface area contributed by atoms with Crippen LogP contribution in [-0.2, 0) is 0 Å². The van der Waals surface area contributed by atoms with Crippen LogP contribution >= 0.6 is 12.4 Å². The lowest BCUT2D eigenvalue weighted by Gasteiger charge is -2.19. The molecule has 1 heterocycles.